The number of rotatable bonds is 6. The SMILES string of the molecule is C=C(C)/C=C(\C=NC)CC(=C)/C(C)=C\CC. The minimum Gasteiger partial charge on any atom is -0.296 e. The van der Waals surface area contributed by atoms with Crippen molar-refractivity contribution < 1.29 is 0 Å². The zero-order valence-corrected chi connectivity index (χ0v) is 11.0. The standard InChI is InChI=1S/C15H23N/c1-7-8-13(4)14(5)10-15(11-16-6)9-12(2)3/h8-9,11H,2,5,7,10H2,1,3-4,6H3/b13-8-,15-9-,16-11?. The Morgan fingerprint density at radius 1 is 1.25 bits per heavy atom. The van der Waals surface area contributed by atoms with Crippen LogP contribution < -0.4 is 0 Å². The van der Waals surface area contributed by atoms with E-state index in [2.05, 4.69) is 44.1 Å². The van der Waals surface area contributed by atoms with E-state index in [-0.39, 0.29) is 0 Å². The minimum atomic E-state index is 0.840. The fraction of sp³-hybridized carbons (Fsp3) is 0.400. The highest BCUT2D eigenvalue weighted by Crippen LogP contribution is 2.17. The quantitative estimate of drug-likeness (QED) is 0.459. The molecular formula is C15H23N. The average molecular weight is 217 g/mol. The molecule has 0 aromatic carbocycles. The Bertz CT molecular complexity index is 340. The van der Waals surface area contributed by atoms with E-state index in [1.807, 2.05) is 13.1 Å². The highest BCUT2D eigenvalue weighted by molar-refractivity contribution is 5.80. The first-order chi connectivity index (χ1) is 7.51. The molecule has 0 N–H and O–H groups in total. The molecule has 0 aromatic rings. The van der Waals surface area contributed by atoms with E-state index in [1.165, 1.54) is 5.57 Å². The van der Waals surface area contributed by atoms with Gasteiger partial charge in [-0.2, -0.15) is 0 Å². The van der Waals surface area contributed by atoms with Crippen molar-refractivity contribution in [3.05, 3.63) is 47.6 Å². The predicted octanol–water partition coefficient (Wildman–Crippen LogP) is 4.49. The van der Waals surface area contributed by atoms with E-state index in [9.17, 15) is 0 Å². The lowest BCUT2D eigenvalue weighted by molar-refractivity contribution is 1.13. The van der Waals surface area contributed by atoms with Crippen molar-refractivity contribution >= 4 is 6.21 Å². The Morgan fingerprint density at radius 2 is 1.88 bits per heavy atom. The van der Waals surface area contributed by atoms with Crippen molar-refractivity contribution in [2.45, 2.75) is 33.6 Å². The van der Waals surface area contributed by atoms with Crippen LogP contribution in [0.4, 0.5) is 0 Å². The van der Waals surface area contributed by atoms with Crippen LogP contribution in [-0.4, -0.2) is 13.3 Å². The van der Waals surface area contributed by atoms with Gasteiger partial charge in [0, 0.05) is 13.3 Å². The monoisotopic (exact) mass is 217 g/mol. The lowest BCUT2D eigenvalue weighted by Gasteiger charge is -2.07. The molecule has 16 heavy (non-hydrogen) atoms. The van der Waals surface area contributed by atoms with Gasteiger partial charge in [-0.25, -0.2) is 0 Å². The second-order valence-corrected chi connectivity index (χ2v) is 4.03. The zero-order valence-electron chi connectivity index (χ0n) is 11.0. The highest BCUT2D eigenvalue weighted by Gasteiger charge is 2.00. The maximum absolute atomic E-state index is 4.10. The Balaban J connectivity index is 4.72. The van der Waals surface area contributed by atoms with Crippen molar-refractivity contribution in [1.29, 1.82) is 0 Å². The van der Waals surface area contributed by atoms with E-state index < -0.39 is 0 Å². The van der Waals surface area contributed by atoms with Crippen molar-refractivity contribution in [2.24, 2.45) is 4.99 Å². The number of allylic oxidation sites excluding steroid dienone is 6. The lowest BCUT2D eigenvalue weighted by Crippen LogP contribution is -1.91. The third-order valence-corrected chi connectivity index (χ3v) is 2.21. The van der Waals surface area contributed by atoms with Crippen LogP contribution in [0.3, 0.4) is 0 Å². The van der Waals surface area contributed by atoms with Gasteiger partial charge in [0.2, 0.25) is 0 Å². The van der Waals surface area contributed by atoms with Crippen molar-refractivity contribution in [1.82, 2.24) is 0 Å². The molecule has 0 fully saturated rings. The zero-order chi connectivity index (χ0) is 12.6. The van der Waals surface area contributed by atoms with Crippen molar-refractivity contribution in [3.63, 3.8) is 0 Å². The first kappa shape index (κ1) is 14.6. The molecule has 0 amide bonds. The van der Waals surface area contributed by atoms with Gasteiger partial charge < -0.3 is 0 Å². The number of aliphatic imine (C=N–C) groups is 1. The lowest BCUT2D eigenvalue weighted by atomic mass is 9.99. The summed E-state index contributed by atoms with van der Waals surface area (Å²) in [6.07, 6.45) is 8.01. The molecule has 0 saturated carbocycles. The van der Waals surface area contributed by atoms with E-state index in [0.717, 1.165) is 29.6 Å². The molecule has 88 valence electrons. The number of hydrogen-bond acceptors (Lipinski definition) is 1. The molecular weight excluding hydrogens is 194 g/mol. The third kappa shape index (κ3) is 6.18. The summed E-state index contributed by atoms with van der Waals surface area (Å²) in [6, 6.07) is 0. The van der Waals surface area contributed by atoms with Crippen LogP contribution in [0.2, 0.25) is 0 Å². The van der Waals surface area contributed by atoms with Gasteiger partial charge in [0.15, 0.2) is 0 Å². The third-order valence-electron chi connectivity index (χ3n) is 2.21. The summed E-state index contributed by atoms with van der Waals surface area (Å²) in [4.78, 5) is 4.05. The maximum Gasteiger partial charge on any atom is 0.0277 e. The van der Waals surface area contributed by atoms with Crippen molar-refractivity contribution in [3.8, 4) is 0 Å². The van der Waals surface area contributed by atoms with Gasteiger partial charge in [-0.3, -0.25) is 4.99 Å². The van der Waals surface area contributed by atoms with Gasteiger partial charge in [-0.1, -0.05) is 43.4 Å². The van der Waals surface area contributed by atoms with Gasteiger partial charge in [0.1, 0.15) is 0 Å². The van der Waals surface area contributed by atoms with E-state index in [1.54, 1.807) is 7.05 Å². The van der Waals surface area contributed by atoms with Gasteiger partial charge in [-0.05, 0) is 37.8 Å². The van der Waals surface area contributed by atoms with Crippen LogP contribution >= 0.6 is 0 Å². The summed E-state index contributed by atoms with van der Waals surface area (Å²) in [7, 11) is 1.78. The van der Waals surface area contributed by atoms with Crippen LogP contribution in [0.15, 0.2) is 52.6 Å². The average Bonchev–Trinajstić information content (AvgIpc) is 2.17. The summed E-state index contributed by atoms with van der Waals surface area (Å²) in [6.45, 7) is 14.2. The predicted molar refractivity (Wildman–Crippen MR) is 75.1 cm³/mol. The topological polar surface area (TPSA) is 12.4 Å². The van der Waals surface area contributed by atoms with Crippen LogP contribution in [0, 0.1) is 0 Å². The molecule has 0 heterocycles. The van der Waals surface area contributed by atoms with E-state index >= 15 is 0 Å². The molecule has 0 spiro atoms. The van der Waals surface area contributed by atoms with Crippen molar-refractivity contribution in [2.75, 3.05) is 7.05 Å². The largest absolute Gasteiger partial charge is 0.296 e. The van der Waals surface area contributed by atoms with E-state index in [0.29, 0.717) is 0 Å². The first-order valence-corrected chi connectivity index (χ1v) is 5.64. The molecule has 0 atom stereocenters. The molecule has 0 saturated heterocycles. The van der Waals surface area contributed by atoms with Gasteiger partial charge in [0.05, 0.1) is 0 Å². The fourth-order valence-electron chi connectivity index (χ4n) is 1.45. The summed E-state index contributed by atoms with van der Waals surface area (Å²) < 4.78 is 0. The molecule has 0 aliphatic carbocycles. The molecule has 0 rings (SSSR count). The number of hydrogen-bond donors (Lipinski definition) is 0. The summed E-state index contributed by atoms with van der Waals surface area (Å²) >= 11 is 0. The molecule has 0 unspecified atom stereocenters. The Morgan fingerprint density at radius 3 is 2.31 bits per heavy atom. The molecule has 0 radical (unpaired) electrons. The Labute approximate surface area is 100.0 Å². The van der Waals surface area contributed by atoms with Crippen LogP contribution in [0.25, 0.3) is 0 Å². The number of nitrogens with zero attached hydrogens (tertiary/aromatic N) is 1. The van der Waals surface area contributed by atoms with Crippen LogP contribution in [-0.2, 0) is 0 Å². The van der Waals surface area contributed by atoms with Gasteiger partial charge >= 0.3 is 0 Å². The molecule has 0 bridgehead atoms. The highest BCUT2D eigenvalue weighted by atomic mass is 14.6. The smallest absolute Gasteiger partial charge is 0.0277 e. The van der Waals surface area contributed by atoms with Gasteiger partial charge in [0.25, 0.3) is 0 Å². The molecule has 0 aliphatic rings. The molecule has 0 aliphatic heterocycles. The van der Waals surface area contributed by atoms with Crippen LogP contribution in [0.1, 0.15) is 33.6 Å². The molecule has 0 aromatic heterocycles. The Hall–Kier alpha value is -1.37. The summed E-state index contributed by atoms with van der Waals surface area (Å²) in [5.41, 5.74) is 4.61. The van der Waals surface area contributed by atoms with E-state index in [4.69, 9.17) is 0 Å². The fourth-order valence-corrected chi connectivity index (χ4v) is 1.45. The van der Waals surface area contributed by atoms with Gasteiger partial charge in [-0.15, -0.1) is 0 Å². The summed E-state index contributed by atoms with van der Waals surface area (Å²) in [5.74, 6) is 0. The molecule has 1 nitrogen and oxygen atoms in total. The summed E-state index contributed by atoms with van der Waals surface area (Å²) in [5, 5.41) is 0. The maximum atomic E-state index is 4.10. The minimum absolute atomic E-state index is 0.840. The Kier molecular flexibility index (Phi) is 7.19. The normalized spacial score (nSPS) is 13.2. The second kappa shape index (κ2) is 7.86. The first-order valence-electron chi connectivity index (χ1n) is 5.64. The van der Waals surface area contributed by atoms with Crippen LogP contribution in [0.5, 0.6) is 0 Å². The molecule has 1 heteroatoms. The second-order valence-electron chi connectivity index (χ2n) is 4.03.